The minimum Gasteiger partial charge on any atom is -0.192 e. The van der Waals surface area contributed by atoms with Gasteiger partial charge in [-0.2, -0.15) is 5.26 Å². The molecule has 0 saturated heterocycles. The lowest BCUT2D eigenvalue weighted by Gasteiger charge is -2.41. The van der Waals surface area contributed by atoms with Gasteiger partial charge in [0.15, 0.2) is 0 Å². The first-order valence-electron chi connectivity index (χ1n) is 14.8. The van der Waals surface area contributed by atoms with E-state index in [9.17, 15) is 5.26 Å². The topological polar surface area (TPSA) is 23.8 Å². The van der Waals surface area contributed by atoms with Gasteiger partial charge in [-0.05, 0) is 39.7 Å². The summed E-state index contributed by atoms with van der Waals surface area (Å²) in [6, 6.07) is 67.1. The molecule has 7 rings (SSSR count). The highest BCUT2D eigenvalue weighted by Crippen LogP contribution is 2.67. The van der Waals surface area contributed by atoms with Crippen molar-refractivity contribution < 1.29 is 0 Å². The monoisotopic (exact) mass is 579 g/mol. The fourth-order valence-electron chi connectivity index (χ4n) is 6.53. The lowest BCUT2D eigenvalue weighted by molar-refractivity contribution is 1.48. The van der Waals surface area contributed by atoms with E-state index in [4.69, 9.17) is 0 Å². The van der Waals surface area contributed by atoms with Crippen LogP contribution >= 0.6 is 6.89 Å². The third kappa shape index (κ3) is 4.58. The lowest BCUT2D eigenvalue weighted by Crippen LogP contribution is -2.28. The van der Waals surface area contributed by atoms with Gasteiger partial charge in [0.1, 0.15) is 6.07 Å². The molecular formula is C42H30NP. The molecule has 1 aliphatic rings. The molecule has 0 amide bonds. The average molecular weight is 580 g/mol. The summed E-state index contributed by atoms with van der Waals surface area (Å²) in [5, 5.41) is 16.2. The minimum atomic E-state index is -2.67. The minimum absolute atomic E-state index is 0.697. The molecule has 2 heteroatoms. The molecule has 0 unspecified atom stereocenters. The molecule has 1 heterocycles. The van der Waals surface area contributed by atoms with Crippen molar-refractivity contribution in [3.8, 4) is 6.07 Å². The Morgan fingerprint density at radius 1 is 0.364 bits per heavy atom. The Balaban J connectivity index is 1.88. The maximum absolute atomic E-state index is 11.3. The van der Waals surface area contributed by atoms with Gasteiger partial charge >= 0.3 is 0 Å². The van der Waals surface area contributed by atoms with Gasteiger partial charge in [-0.3, -0.25) is 0 Å². The summed E-state index contributed by atoms with van der Waals surface area (Å²) in [6.07, 6.45) is 0. The summed E-state index contributed by atoms with van der Waals surface area (Å²) in [5.41, 5.74) is 7.03. The third-order valence-electron chi connectivity index (χ3n) is 8.26. The Hall–Kier alpha value is -5.41. The van der Waals surface area contributed by atoms with Gasteiger partial charge in [-0.25, -0.2) is 0 Å². The van der Waals surface area contributed by atoms with Crippen LogP contribution < -0.4 is 10.6 Å². The van der Waals surface area contributed by atoms with Crippen molar-refractivity contribution in [2.45, 2.75) is 0 Å². The molecule has 0 atom stereocenters. The zero-order valence-electron chi connectivity index (χ0n) is 24.2. The van der Waals surface area contributed by atoms with Crippen LogP contribution in [-0.4, -0.2) is 5.29 Å². The van der Waals surface area contributed by atoms with Crippen molar-refractivity contribution in [3.63, 3.8) is 0 Å². The fraction of sp³-hybridized carbons (Fsp3) is 0. The summed E-state index contributed by atoms with van der Waals surface area (Å²) in [7, 11) is 0. The van der Waals surface area contributed by atoms with Gasteiger partial charge in [0.05, 0.1) is 5.57 Å². The number of nitrogens with zero attached hydrogens (tertiary/aromatic N) is 1. The predicted octanol–water partition coefficient (Wildman–Crippen LogP) is 9.44. The quantitative estimate of drug-likeness (QED) is 0.180. The maximum atomic E-state index is 11.3. The number of hydrogen-bond donors (Lipinski definition) is 0. The highest BCUT2D eigenvalue weighted by Gasteiger charge is 2.42. The van der Waals surface area contributed by atoms with Crippen molar-refractivity contribution >= 4 is 39.2 Å². The molecule has 208 valence electrons. The van der Waals surface area contributed by atoms with Gasteiger partial charge in [-0.1, -0.05) is 182 Å². The zero-order valence-corrected chi connectivity index (χ0v) is 25.1. The van der Waals surface area contributed by atoms with E-state index in [0.717, 1.165) is 33.4 Å². The summed E-state index contributed by atoms with van der Waals surface area (Å²) >= 11 is 0. The fourth-order valence-corrected chi connectivity index (χ4v) is 11.5. The first kappa shape index (κ1) is 27.4. The average Bonchev–Trinajstić information content (AvgIpc) is 3.12. The summed E-state index contributed by atoms with van der Waals surface area (Å²) in [6.45, 7) is -2.67. The Labute approximate surface area is 259 Å². The van der Waals surface area contributed by atoms with Gasteiger partial charge in [0.2, 0.25) is 0 Å². The van der Waals surface area contributed by atoms with E-state index in [1.807, 2.05) is 12.1 Å². The molecule has 0 saturated carbocycles. The van der Waals surface area contributed by atoms with E-state index in [1.54, 1.807) is 0 Å². The van der Waals surface area contributed by atoms with E-state index in [-0.39, 0.29) is 0 Å². The zero-order chi connectivity index (χ0) is 29.8. The summed E-state index contributed by atoms with van der Waals surface area (Å²) in [5.74, 6) is 0. The molecule has 0 N–H and O–H groups in total. The molecule has 6 aromatic carbocycles. The van der Waals surface area contributed by atoms with Crippen molar-refractivity contribution in [1.29, 1.82) is 5.26 Å². The molecule has 1 nitrogen and oxygen atoms in total. The van der Waals surface area contributed by atoms with Gasteiger partial charge in [0, 0.05) is 21.8 Å². The first-order chi connectivity index (χ1) is 21.8. The van der Waals surface area contributed by atoms with Crippen LogP contribution in [0.15, 0.2) is 188 Å². The van der Waals surface area contributed by atoms with Crippen LogP contribution in [-0.2, 0) is 0 Å². The highest BCUT2D eigenvalue weighted by molar-refractivity contribution is 7.98. The predicted molar refractivity (Wildman–Crippen MR) is 188 cm³/mol. The van der Waals surface area contributed by atoms with Crippen LogP contribution in [0.25, 0.3) is 16.5 Å². The number of benzene rings is 6. The number of nitriles is 1. The summed E-state index contributed by atoms with van der Waals surface area (Å²) < 4.78 is 0. The second-order valence-electron chi connectivity index (χ2n) is 10.7. The van der Waals surface area contributed by atoms with E-state index < -0.39 is 6.89 Å². The van der Waals surface area contributed by atoms with Crippen molar-refractivity contribution in [2.75, 3.05) is 0 Å². The molecule has 44 heavy (non-hydrogen) atoms. The molecule has 0 aromatic heterocycles. The van der Waals surface area contributed by atoms with Gasteiger partial charge in [0.25, 0.3) is 0 Å². The maximum Gasteiger partial charge on any atom is 0.100 e. The largest absolute Gasteiger partial charge is 0.192 e. The second-order valence-corrected chi connectivity index (χ2v) is 14.0. The Morgan fingerprint density at radius 2 is 0.705 bits per heavy atom. The molecule has 0 aliphatic carbocycles. The van der Waals surface area contributed by atoms with Crippen LogP contribution in [0.2, 0.25) is 0 Å². The molecule has 1 aliphatic heterocycles. The van der Waals surface area contributed by atoms with E-state index in [0.29, 0.717) is 5.57 Å². The van der Waals surface area contributed by atoms with Crippen LogP contribution in [0.1, 0.15) is 22.3 Å². The van der Waals surface area contributed by atoms with Gasteiger partial charge < -0.3 is 0 Å². The van der Waals surface area contributed by atoms with Crippen molar-refractivity contribution in [1.82, 2.24) is 0 Å². The number of rotatable bonds is 6. The molecular weight excluding hydrogens is 549 g/mol. The molecule has 0 fully saturated rings. The molecule has 0 bridgehead atoms. The van der Waals surface area contributed by atoms with E-state index in [2.05, 4.69) is 176 Å². The van der Waals surface area contributed by atoms with Crippen LogP contribution in [0.5, 0.6) is 0 Å². The first-order valence-corrected chi connectivity index (χ1v) is 16.6. The van der Waals surface area contributed by atoms with E-state index >= 15 is 0 Å². The normalized spacial score (nSPS) is 14.3. The Bertz CT molecular complexity index is 2030. The second kappa shape index (κ2) is 12.1. The molecule has 0 spiro atoms. The smallest absolute Gasteiger partial charge is 0.100 e. The van der Waals surface area contributed by atoms with E-state index in [1.165, 1.54) is 21.2 Å². The van der Waals surface area contributed by atoms with Crippen LogP contribution in [0, 0.1) is 11.3 Å². The Morgan fingerprint density at radius 3 is 1.11 bits per heavy atom. The van der Waals surface area contributed by atoms with Crippen LogP contribution in [0.4, 0.5) is 0 Å². The standard InChI is InChI=1S/C42H30NP/c43-31-38-39(32-19-7-1-8-20-32)41(34-23-11-3-12-24-34)44(36-27-15-5-16-28-36,37-29-17-6-18-30-37)42(35-25-13-4-14-26-35)40(38)33-21-9-2-10-22-33/h1-30H. The number of allylic oxidation sites excluding steroid dienone is 3. The van der Waals surface area contributed by atoms with Gasteiger partial charge in [-0.15, -0.1) is 0 Å². The van der Waals surface area contributed by atoms with Crippen LogP contribution in [0.3, 0.4) is 0 Å². The van der Waals surface area contributed by atoms with Crippen molar-refractivity contribution in [2.24, 2.45) is 0 Å². The highest BCUT2D eigenvalue weighted by atomic mass is 31.2. The van der Waals surface area contributed by atoms with Crippen molar-refractivity contribution in [3.05, 3.63) is 210 Å². The molecule has 6 aromatic rings. The molecule has 0 radical (unpaired) electrons. The number of hydrogen-bond acceptors (Lipinski definition) is 1. The Kier molecular flexibility index (Phi) is 7.52. The lowest BCUT2D eigenvalue weighted by atomic mass is 9.86. The summed E-state index contributed by atoms with van der Waals surface area (Å²) in [4.78, 5) is 0. The third-order valence-corrected chi connectivity index (χ3v) is 12.7. The SMILES string of the molecule is N#CC1=C(c2ccccc2)C(c2ccccc2)=P(c2ccccc2)(c2ccccc2)C(c2ccccc2)=C1c1ccccc1.